The van der Waals surface area contributed by atoms with E-state index in [4.69, 9.17) is 5.11 Å². The lowest BCUT2D eigenvalue weighted by Crippen LogP contribution is -2.29. The first-order valence-electron chi connectivity index (χ1n) is 10.1. The number of fused-ring (bicyclic) bond motifs is 1. The molecule has 0 unspecified atom stereocenters. The summed E-state index contributed by atoms with van der Waals surface area (Å²) in [6.07, 6.45) is 1.53. The van der Waals surface area contributed by atoms with Gasteiger partial charge in [0.05, 0.1) is 5.39 Å². The third-order valence-corrected chi connectivity index (χ3v) is 5.95. The van der Waals surface area contributed by atoms with Gasteiger partial charge in [0.1, 0.15) is 23.5 Å². The van der Waals surface area contributed by atoms with Crippen molar-refractivity contribution in [1.29, 1.82) is 0 Å². The molecular formula is C24H22N4O3S. The monoisotopic (exact) mass is 446 g/mol. The van der Waals surface area contributed by atoms with E-state index in [1.165, 1.54) is 11.9 Å². The number of hydrogen-bond acceptors (Lipinski definition) is 6. The normalized spacial score (nSPS) is 11.0. The topological polar surface area (TPSA) is 104 Å². The Hall–Kier alpha value is -3.78. The first-order valence-corrected chi connectivity index (χ1v) is 11.0. The van der Waals surface area contributed by atoms with Crippen LogP contribution in [0.4, 0.5) is 11.5 Å². The Morgan fingerprint density at radius 1 is 1.03 bits per heavy atom. The summed E-state index contributed by atoms with van der Waals surface area (Å²) >= 11 is 1.57. The van der Waals surface area contributed by atoms with Crippen LogP contribution in [0.2, 0.25) is 0 Å². The lowest BCUT2D eigenvalue weighted by molar-refractivity contribution is -0.135. The van der Waals surface area contributed by atoms with Gasteiger partial charge < -0.3 is 15.7 Å². The summed E-state index contributed by atoms with van der Waals surface area (Å²) in [4.78, 5) is 32.4. The maximum atomic E-state index is 12.0. The number of anilines is 2. The number of rotatable bonds is 7. The summed E-state index contributed by atoms with van der Waals surface area (Å²) < 4.78 is 0. The van der Waals surface area contributed by atoms with Gasteiger partial charge in [0.2, 0.25) is 0 Å². The molecule has 0 bridgehead atoms. The molecule has 162 valence electrons. The van der Waals surface area contributed by atoms with Crippen molar-refractivity contribution in [3.05, 3.63) is 71.4 Å². The molecule has 32 heavy (non-hydrogen) atoms. The molecule has 2 aromatic carbocycles. The van der Waals surface area contributed by atoms with Crippen LogP contribution in [0.1, 0.15) is 35.7 Å². The first-order chi connectivity index (χ1) is 15.4. The Kier molecular flexibility index (Phi) is 6.13. The standard InChI is InChI=1S/C24H22N4O3S/c1-14(2)15-3-5-16(6-4-15)19-12-32-24-21(19)22(26-13-27-24)28-18-9-7-17(8-10-18)23(31)25-11-20(29)30/h3-10,12-14H,11H2,1-2H3,(H,25,31)(H,29,30)(H,26,27,28). The molecule has 2 aromatic heterocycles. The predicted molar refractivity (Wildman–Crippen MR) is 127 cm³/mol. The summed E-state index contributed by atoms with van der Waals surface area (Å²) in [5, 5.41) is 17.4. The van der Waals surface area contributed by atoms with Gasteiger partial charge in [-0.3, -0.25) is 9.59 Å². The van der Waals surface area contributed by atoms with Crippen LogP contribution in [0.25, 0.3) is 21.3 Å². The van der Waals surface area contributed by atoms with Crippen molar-refractivity contribution in [2.45, 2.75) is 19.8 Å². The molecule has 7 nitrogen and oxygen atoms in total. The minimum absolute atomic E-state index is 0.381. The van der Waals surface area contributed by atoms with Crippen molar-refractivity contribution < 1.29 is 14.7 Å². The molecule has 2 heterocycles. The number of amides is 1. The molecule has 0 saturated heterocycles. The molecule has 0 aliphatic heterocycles. The van der Waals surface area contributed by atoms with Crippen LogP contribution < -0.4 is 10.6 Å². The minimum Gasteiger partial charge on any atom is -0.480 e. The molecule has 0 fully saturated rings. The Morgan fingerprint density at radius 2 is 1.75 bits per heavy atom. The number of carbonyl (C=O) groups excluding carboxylic acids is 1. The Bertz CT molecular complexity index is 1260. The number of aliphatic carboxylic acids is 1. The highest BCUT2D eigenvalue weighted by Crippen LogP contribution is 2.37. The molecule has 0 aliphatic carbocycles. The number of carbonyl (C=O) groups is 2. The highest BCUT2D eigenvalue weighted by molar-refractivity contribution is 7.17. The zero-order valence-electron chi connectivity index (χ0n) is 17.6. The second-order valence-corrected chi connectivity index (χ2v) is 8.47. The Morgan fingerprint density at radius 3 is 2.41 bits per heavy atom. The summed E-state index contributed by atoms with van der Waals surface area (Å²) in [6, 6.07) is 15.3. The third-order valence-electron chi connectivity index (χ3n) is 5.07. The number of carboxylic acid groups (broad SMARTS) is 1. The van der Waals surface area contributed by atoms with E-state index in [2.05, 4.69) is 64.1 Å². The molecule has 0 aliphatic rings. The fourth-order valence-corrected chi connectivity index (χ4v) is 4.25. The molecule has 0 radical (unpaired) electrons. The molecule has 0 spiro atoms. The maximum Gasteiger partial charge on any atom is 0.322 e. The van der Waals surface area contributed by atoms with Gasteiger partial charge in [-0.05, 0) is 41.3 Å². The molecule has 4 rings (SSSR count). The van der Waals surface area contributed by atoms with Crippen molar-refractivity contribution >= 4 is 44.9 Å². The Labute approximate surface area is 189 Å². The third kappa shape index (κ3) is 4.60. The van der Waals surface area contributed by atoms with E-state index < -0.39 is 18.4 Å². The number of aromatic nitrogens is 2. The average Bonchev–Trinajstić information content (AvgIpc) is 3.23. The van der Waals surface area contributed by atoms with Crippen LogP contribution in [0.3, 0.4) is 0 Å². The van der Waals surface area contributed by atoms with Crippen LogP contribution in [-0.4, -0.2) is 33.5 Å². The van der Waals surface area contributed by atoms with Gasteiger partial charge >= 0.3 is 5.97 Å². The van der Waals surface area contributed by atoms with Gasteiger partial charge in [0, 0.05) is 22.2 Å². The number of carboxylic acids is 1. The van der Waals surface area contributed by atoms with Crippen molar-refractivity contribution in [3.8, 4) is 11.1 Å². The van der Waals surface area contributed by atoms with Crippen LogP contribution in [0.5, 0.6) is 0 Å². The summed E-state index contributed by atoms with van der Waals surface area (Å²) in [5.41, 5.74) is 4.59. The lowest BCUT2D eigenvalue weighted by atomic mass is 9.99. The van der Waals surface area contributed by atoms with Gasteiger partial charge in [-0.1, -0.05) is 38.1 Å². The molecule has 0 atom stereocenters. The highest BCUT2D eigenvalue weighted by Gasteiger charge is 2.14. The molecule has 4 aromatic rings. The zero-order valence-corrected chi connectivity index (χ0v) is 18.4. The highest BCUT2D eigenvalue weighted by atomic mass is 32.1. The number of nitrogens with zero attached hydrogens (tertiary/aromatic N) is 2. The fraction of sp³-hybridized carbons (Fsp3) is 0.167. The van der Waals surface area contributed by atoms with Crippen molar-refractivity contribution in [1.82, 2.24) is 15.3 Å². The Balaban J connectivity index is 1.60. The van der Waals surface area contributed by atoms with E-state index in [1.807, 2.05) is 0 Å². The average molecular weight is 447 g/mol. The number of benzene rings is 2. The minimum atomic E-state index is -1.09. The van der Waals surface area contributed by atoms with E-state index in [0.717, 1.165) is 27.0 Å². The second kappa shape index (κ2) is 9.15. The van der Waals surface area contributed by atoms with E-state index in [9.17, 15) is 9.59 Å². The van der Waals surface area contributed by atoms with E-state index in [-0.39, 0.29) is 0 Å². The van der Waals surface area contributed by atoms with Gasteiger partial charge in [0.25, 0.3) is 5.91 Å². The van der Waals surface area contributed by atoms with Gasteiger partial charge in [-0.15, -0.1) is 11.3 Å². The SMILES string of the molecule is CC(C)c1ccc(-c2csc3ncnc(Nc4ccc(C(=O)NCC(=O)O)cc4)c23)cc1. The van der Waals surface area contributed by atoms with Crippen molar-refractivity contribution in [2.75, 3.05) is 11.9 Å². The quantitative estimate of drug-likeness (QED) is 0.367. The summed E-state index contributed by atoms with van der Waals surface area (Å²) in [5.74, 6) is -0.372. The summed E-state index contributed by atoms with van der Waals surface area (Å²) in [6.45, 7) is 3.93. The van der Waals surface area contributed by atoms with Crippen LogP contribution >= 0.6 is 11.3 Å². The number of nitrogens with one attached hydrogen (secondary N) is 2. The fourth-order valence-electron chi connectivity index (χ4n) is 3.33. The van der Waals surface area contributed by atoms with E-state index in [0.29, 0.717) is 17.3 Å². The number of thiophene rings is 1. The van der Waals surface area contributed by atoms with Gasteiger partial charge in [-0.25, -0.2) is 9.97 Å². The van der Waals surface area contributed by atoms with Crippen molar-refractivity contribution in [2.24, 2.45) is 0 Å². The summed E-state index contributed by atoms with van der Waals surface area (Å²) in [7, 11) is 0. The smallest absolute Gasteiger partial charge is 0.322 e. The molecule has 3 N–H and O–H groups in total. The first kappa shape index (κ1) is 21.5. The van der Waals surface area contributed by atoms with Crippen LogP contribution in [0.15, 0.2) is 60.2 Å². The van der Waals surface area contributed by atoms with Crippen molar-refractivity contribution in [3.63, 3.8) is 0 Å². The molecule has 8 heteroatoms. The molecule has 0 saturated carbocycles. The lowest BCUT2D eigenvalue weighted by Gasteiger charge is -2.10. The zero-order chi connectivity index (χ0) is 22.7. The van der Waals surface area contributed by atoms with Crippen LogP contribution in [-0.2, 0) is 4.79 Å². The predicted octanol–water partition coefficient (Wildman–Crippen LogP) is 5.04. The molecular weight excluding hydrogens is 424 g/mol. The second-order valence-electron chi connectivity index (χ2n) is 7.61. The van der Waals surface area contributed by atoms with E-state index in [1.54, 1.807) is 35.6 Å². The van der Waals surface area contributed by atoms with E-state index >= 15 is 0 Å². The van der Waals surface area contributed by atoms with Gasteiger partial charge in [0.15, 0.2) is 0 Å². The number of hydrogen-bond donors (Lipinski definition) is 3. The largest absolute Gasteiger partial charge is 0.480 e. The maximum absolute atomic E-state index is 12.0. The molecule has 1 amide bonds. The van der Waals surface area contributed by atoms with Crippen LogP contribution in [0, 0.1) is 0 Å². The van der Waals surface area contributed by atoms with Gasteiger partial charge in [-0.2, -0.15) is 0 Å².